The molecule has 0 saturated carbocycles. The summed E-state index contributed by atoms with van der Waals surface area (Å²) < 4.78 is 0. The van der Waals surface area contributed by atoms with Crippen molar-refractivity contribution in [3.63, 3.8) is 0 Å². The predicted octanol–water partition coefficient (Wildman–Crippen LogP) is 2.36. The van der Waals surface area contributed by atoms with Gasteiger partial charge in [-0.1, -0.05) is 13.8 Å². The van der Waals surface area contributed by atoms with Crippen molar-refractivity contribution in [1.82, 2.24) is 5.32 Å². The van der Waals surface area contributed by atoms with Gasteiger partial charge in [-0.05, 0) is 36.1 Å². The molecular weight excluding hydrogens is 346 g/mol. The number of nitrogens with one attached hydrogen (secondary N) is 3. The van der Waals surface area contributed by atoms with Crippen molar-refractivity contribution >= 4 is 34.9 Å². The fourth-order valence-electron chi connectivity index (χ4n) is 3.65. The minimum Gasteiger partial charge on any atom is -0.329 e. The third-order valence-corrected chi connectivity index (χ3v) is 4.74. The molecule has 1 aliphatic carbocycles. The van der Waals surface area contributed by atoms with Crippen molar-refractivity contribution < 1.29 is 19.2 Å². The summed E-state index contributed by atoms with van der Waals surface area (Å²) in [7, 11) is 0. The molecule has 2 aliphatic rings. The smallest absolute Gasteiger partial charge is 0.232 e. The van der Waals surface area contributed by atoms with Gasteiger partial charge in [-0.25, -0.2) is 0 Å². The van der Waals surface area contributed by atoms with Crippen LogP contribution in [0.1, 0.15) is 40.0 Å². The summed E-state index contributed by atoms with van der Waals surface area (Å²) in [6.45, 7) is 5.36. The molecule has 27 heavy (non-hydrogen) atoms. The number of ketones is 1. The van der Waals surface area contributed by atoms with E-state index in [9.17, 15) is 19.2 Å². The minimum atomic E-state index is -0.785. The van der Waals surface area contributed by atoms with Crippen molar-refractivity contribution in [2.45, 2.75) is 40.0 Å². The van der Waals surface area contributed by atoms with Crippen molar-refractivity contribution in [1.29, 1.82) is 0 Å². The Balaban J connectivity index is 1.80. The van der Waals surface area contributed by atoms with Crippen LogP contribution in [0.15, 0.2) is 35.5 Å². The van der Waals surface area contributed by atoms with Crippen LogP contribution in [-0.4, -0.2) is 23.5 Å². The number of anilines is 2. The van der Waals surface area contributed by atoms with E-state index in [-0.39, 0.29) is 35.3 Å². The Morgan fingerprint density at radius 3 is 2.22 bits per heavy atom. The Kier molecular flexibility index (Phi) is 4.87. The van der Waals surface area contributed by atoms with Gasteiger partial charge >= 0.3 is 0 Å². The number of carbonyl (C=O) groups is 4. The lowest BCUT2D eigenvalue weighted by molar-refractivity contribution is -0.129. The highest BCUT2D eigenvalue weighted by Crippen LogP contribution is 2.40. The van der Waals surface area contributed by atoms with Gasteiger partial charge in [0.1, 0.15) is 0 Å². The van der Waals surface area contributed by atoms with Crippen LogP contribution in [-0.2, 0) is 19.2 Å². The molecular formula is C20H23N3O4. The number of benzene rings is 1. The van der Waals surface area contributed by atoms with Crippen LogP contribution >= 0.6 is 0 Å². The van der Waals surface area contributed by atoms with Crippen LogP contribution in [0.3, 0.4) is 0 Å². The quantitative estimate of drug-likeness (QED) is 0.761. The van der Waals surface area contributed by atoms with Gasteiger partial charge in [0.05, 0.1) is 5.92 Å². The van der Waals surface area contributed by atoms with E-state index in [0.29, 0.717) is 35.5 Å². The van der Waals surface area contributed by atoms with E-state index < -0.39 is 5.92 Å². The zero-order valence-corrected chi connectivity index (χ0v) is 15.6. The molecule has 1 aromatic rings. The molecule has 3 N–H and O–H groups in total. The molecule has 0 spiro atoms. The molecule has 1 unspecified atom stereocenters. The summed E-state index contributed by atoms with van der Waals surface area (Å²) in [4.78, 5) is 48.6. The number of hydrogen-bond donors (Lipinski definition) is 3. The van der Waals surface area contributed by atoms with Crippen molar-refractivity contribution in [2.75, 3.05) is 10.6 Å². The maximum atomic E-state index is 12.8. The normalized spacial score (nSPS) is 21.2. The SMILES string of the molecule is CC(=O)Nc1ccc(NC(=O)C2CC(=O)NC3=C2C(=O)CC(C)(C)C3)cc1. The molecule has 1 atom stereocenters. The molecule has 0 aromatic heterocycles. The van der Waals surface area contributed by atoms with Crippen LogP contribution in [0.25, 0.3) is 0 Å². The molecule has 0 bridgehead atoms. The molecule has 3 amide bonds. The highest BCUT2D eigenvalue weighted by molar-refractivity contribution is 6.09. The molecule has 0 saturated heterocycles. The van der Waals surface area contributed by atoms with Crippen molar-refractivity contribution in [3.05, 3.63) is 35.5 Å². The van der Waals surface area contributed by atoms with Crippen LogP contribution in [0.2, 0.25) is 0 Å². The van der Waals surface area contributed by atoms with Gasteiger partial charge in [0.2, 0.25) is 17.7 Å². The molecule has 1 aromatic carbocycles. The van der Waals surface area contributed by atoms with Gasteiger partial charge in [-0.15, -0.1) is 0 Å². The van der Waals surface area contributed by atoms with Gasteiger partial charge < -0.3 is 16.0 Å². The monoisotopic (exact) mass is 369 g/mol. The van der Waals surface area contributed by atoms with Crippen molar-refractivity contribution in [3.8, 4) is 0 Å². The second-order valence-electron chi connectivity index (χ2n) is 7.89. The second kappa shape index (κ2) is 6.98. The van der Waals surface area contributed by atoms with E-state index in [2.05, 4.69) is 16.0 Å². The Morgan fingerprint density at radius 1 is 1.04 bits per heavy atom. The Labute approximate surface area is 157 Å². The zero-order valence-electron chi connectivity index (χ0n) is 15.6. The predicted molar refractivity (Wildman–Crippen MR) is 101 cm³/mol. The maximum Gasteiger partial charge on any atom is 0.232 e. The van der Waals surface area contributed by atoms with Crippen LogP contribution in [0, 0.1) is 11.3 Å². The molecule has 7 nitrogen and oxygen atoms in total. The lowest BCUT2D eigenvalue weighted by Crippen LogP contribution is -2.44. The van der Waals surface area contributed by atoms with Crippen molar-refractivity contribution in [2.24, 2.45) is 11.3 Å². The van der Waals surface area contributed by atoms with Gasteiger partial charge in [-0.3, -0.25) is 19.2 Å². The van der Waals surface area contributed by atoms with Gasteiger partial charge in [0, 0.05) is 42.4 Å². The summed E-state index contributed by atoms with van der Waals surface area (Å²) in [5.74, 6) is -1.67. The van der Waals surface area contributed by atoms with Crippen LogP contribution in [0.5, 0.6) is 0 Å². The average Bonchev–Trinajstić information content (AvgIpc) is 2.53. The highest BCUT2D eigenvalue weighted by Gasteiger charge is 2.42. The summed E-state index contributed by atoms with van der Waals surface area (Å²) in [6, 6.07) is 6.66. The van der Waals surface area contributed by atoms with E-state index in [0.717, 1.165) is 0 Å². The minimum absolute atomic E-state index is 0.0409. The third-order valence-electron chi connectivity index (χ3n) is 4.74. The molecule has 0 radical (unpaired) electrons. The summed E-state index contributed by atoms with van der Waals surface area (Å²) in [5, 5.41) is 8.20. The molecule has 1 heterocycles. The molecule has 1 aliphatic heterocycles. The number of Topliss-reactive ketones (excluding diaryl/α,β-unsaturated/α-hetero) is 1. The van der Waals surface area contributed by atoms with Gasteiger partial charge in [0.25, 0.3) is 0 Å². The molecule has 142 valence electrons. The Bertz CT molecular complexity index is 852. The Morgan fingerprint density at radius 2 is 1.63 bits per heavy atom. The number of rotatable bonds is 3. The standard InChI is InChI=1S/C20H23N3O4/c1-11(24)21-12-4-6-13(7-5-12)22-19(27)14-8-17(26)23-15-9-20(2,3)10-16(25)18(14)15/h4-7,14H,8-10H2,1-3H3,(H,21,24)(H,22,27)(H,23,26). The van der Waals surface area contributed by atoms with E-state index in [4.69, 9.17) is 0 Å². The highest BCUT2D eigenvalue weighted by atomic mass is 16.2. The fraction of sp³-hybridized carbons (Fsp3) is 0.400. The first-order valence-electron chi connectivity index (χ1n) is 8.89. The lowest BCUT2D eigenvalue weighted by atomic mass is 9.71. The molecule has 7 heteroatoms. The van der Waals surface area contributed by atoms with E-state index in [1.165, 1.54) is 6.92 Å². The number of allylic oxidation sites excluding steroid dienone is 1. The summed E-state index contributed by atoms with van der Waals surface area (Å²) in [6.07, 6.45) is 0.882. The fourth-order valence-corrected chi connectivity index (χ4v) is 3.65. The van der Waals surface area contributed by atoms with E-state index >= 15 is 0 Å². The average molecular weight is 369 g/mol. The van der Waals surface area contributed by atoms with Gasteiger partial charge in [-0.2, -0.15) is 0 Å². The third kappa shape index (κ3) is 4.24. The van der Waals surface area contributed by atoms with Crippen LogP contribution < -0.4 is 16.0 Å². The first-order valence-corrected chi connectivity index (χ1v) is 8.89. The zero-order chi connectivity index (χ0) is 19.8. The van der Waals surface area contributed by atoms with Crippen LogP contribution in [0.4, 0.5) is 11.4 Å². The van der Waals surface area contributed by atoms with E-state index in [1.807, 2.05) is 13.8 Å². The van der Waals surface area contributed by atoms with Gasteiger partial charge in [0.15, 0.2) is 5.78 Å². The topological polar surface area (TPSA) is 104 Å². The first-order chi connectivity index (χ1) is 12.6. The number of carbonyl (C=O) groups excluding carboxylic acids is 4. The van der Waals surface area contributed by atoms with E-state index in [1.54, 1.807) is 24.3 Å². The lowest BCUT2D eigenvalue weighted by Gasteiger charge is -2.37. The molecule has 3 rings (SSSR count). The number of hydrogen-bond acceptors (Lipinski definition) is 4. The Hall–Kier alpha value is -2.96. The summed E-state index contributed by atoms with van der Waals surface area (Å²) >= 11 is 0. The first kappa shape index (κ1) is 18.8. The summed E-state index contributed by atoms with van der Waals surface area (Å²) in [5.41, 5.74) is 1.93. The second-order valence-corrected chi connectivity index (χ2v) is 7.89. The largest absolute Gasteiger partial charge is 0.329 e. The maximum absolute atomic E-state index is 12.8. The molecule has 0 fully saturated rings. The number of amides is 3.